The van der Waals surface area contributed by atoms with Crippen molar-refractivity contribution in [3.63, 3.8) is 0 Å². The first-order valence-electron chi connectivity index (χ1n) is 8.62. The fourth-order valence-corrected chi connectivity index (χ4v) is 2.47. The fraction of sp³-hybridized carbons (Fsp3) is 0.778. The van der Waals surface area contributed by atoms with Gasteiger partial charge in [0.2, 0.25) is 11.8 Å². The third kappa shape index (κ3) is 8.16. The lowest BCUT2D eigenvalue weighted by molar-refractivity contribution is -0.127. The Morgan fingerprint density at radius 1 is 1.39 bits per heavy atom. The van der Waals surface area contributed by atoms with Crippen molar-refractivity contribution in [2.45, 2.75) is 71.9 Å². The first kappa shape index (κ1) is 19.7. The van der Waals surface area contributed by atoms with Gasteiger partial charge in [0, 0.05) is 18.5 Å². The highest BCUT2D eigenvalue weighted by molar-refractivity contribution is 5.97. The minimum atomic E-state index is -0.427. The van der Waals surface area contributed by atoms with E-state index in [9.17, 15) is 9.59 Å². The summed E-state index contributed by atoms with van der Waals surface area (Å²) in [6.45, 7) is 11.2. The molecule has 1 rings (SSSR count). The van der Waals surface area contributed by atoms with E-state index >= 15 is 0 Å². The van der Waals surface area contributed by atoms with Crippen LogP contribution in [0.15, 0.2) is 11.6 Å². The van der Waals surface area contributed by atoms with Crippen LogP contribution in [0.25, 0.3) is 0 Å². The summed E-state index contributed by atoms with van der Waals surface area (Å²) < 4.78 is 5.72. The number of ether oxygens (including phenoxy) is 1. The third-order valence-electron chi connectivity index (χ3n) is 3.57. The number of carbonyl (C=O) groups is 2. The lowest BCUT2D eigenvalue weighted by Crippen LogP contribution is -2.46. The number of carbonyl (C=O) groups excluding carboxylic acids is 2. The van der Waals surface area contributed by atoms with Crippen molar-refractivity contribution < 1.29 is 14.3 Å². The van der Waals surface area contributed by atoms with Gasteiger partial charge in [0.25, 0.3) is 0 Å². The zero-order valence-electron chi connectivity index (χ0n) is 15.2. The van der Waals surface area contributed by atoms with Gasteiger partial charge in [-0.15, -0.1) is 0 Å². The molecule has 1 aliphatic rings. The number of allylic oxidation sites excluding steroid dienone is 1. The van der Waals surface area contributed by atoms with Gasteiger partial charge in [-0.2, -0.15) is 0 Å². The largest absolute Gasteiger partial charge is 0.376 e. The van der Waals surface area contributed by atoms with Crippen LogP contribution in [0, 0.1) is 5.92 Å². The summed E-state index contributed by atoms with van der Waals surface area (Å²) in [6, 6.07) is -0.427. The molecule has 1 heterocycles. The Hall–Kier alpha value is -1.36. The molecule has 0 radical (unpaired) electrons. The van der Waals surface area contributed by atoms with Crippen LogP contribution in [0.5, 0.6) is 0 Å². The van der Waals surface area contributed by atoms with E-state index in [1.165, 1.54) is 0 Å². The van der Waals surface area contributed by atoms with Gasteiger partial charge >= 0.3 is 0 Å². The zero-order chi connectivity index (χ0) is 17.5. The number of hydrogen-bond donors (Lipinski definition) is 2. The number of rotatable bonds is 6. The van der Waals surface area contributed by atoms with E-state index in [1.807, 2.05) is 40.7 Å². The van der Waals surface area contributed by atoms with Crippen molar-refractivity contribution in [2.24, 2.45) is 5.92 Å². The molecule has 1 atom stereocenters. The Bertz CT molecular complexity index is 436. The first-order chi connectivity index (χ1) is 10.7. The zero-order valence-corrected chi connectivity index (χ0v) is 15.2. The Balaban J connectivity index is 2.66. The third-order valence-corrected chi connectivity index (χ3v) is 3.57. The molecule has 0 bridgehead atoms. The predicted octanol–water partition coefficient (Wildman–Crippen LogP) is 2.56. The molecule has 2 N–H and O–H groups in total. The summed E-state index contributed by atoms with van der Waals surface area (Å²) in [7, 11) is 0. The molecule has 0 aromatic rings. The molecule has 132 valence electrons. The van der Waals surface area contributed by atoms with Gasteiger partial charge in [-0.05, 0) is 46.0 Å². The average molecular weight is 324 g/mol. The van der Waals surface area contributed by atoms with Crippen molar-refractivity contribution in [1.29, 1.82) is 0 Å². The van der Waals surface area contributed by atoms with E-state index in [0.717, 1.165) is 12.8 Å². The molecular formula is C18H32N2O3. The van der Waals surface area contributed by atoms with E-state index in [-0.39, 0.29) is 23.3 Å². The van der Waals surface area contributed by atoms with E-state index in [0.29, 0.717) is 31.6 Å². The second-order valence-corrected chi connectivity index (χ2v) is 7.46. The summed E-state index contributed by atoms with van der Waals surface area (Å²) in [5.74, 6) is 0.0392. The van der Waals surface area contributed by atoms with Crippen LogP contribution >= 0.6 is 0 Å². The van der Waals surface area contributed by atoms with Gasteiger partial charge < -0.3 is 15.4 Å². The molecule has 1 saturated heterocycles. The molecule has 1 unspecified atom stereocenters. The van der Waals surface area contributed by atoms with E-state index in [4.69, 9.17) is 4.74 Å². The van der Waals surface area contributed by atoms with Crippen LogP contribution in [0.4, 0.5) is 0 Å². The van der Waals surface area contributed by atoms with Crippen LogP contribution in [0.1, 0.15) is 60.3 Å². The molecule has 1 fully saturated rings. The molecule has 0 spiro atoms. The highest BCUT2D eigenvalue weighted by Crippen LogP contribution is 2.13. The van der Waals surface area contributed by atoms with Gasteiger partial charge in [-0.1, -0.05) is 19.9 Å². The number of hydrogen-bond acceptors (Lipinski definition) is 3. The molecular weight excluding hydrogens is 292 g/mol. The maximum atomic E-state index is 12.5. The summed E-state index contributed by atoms with van der Waals surface area (Å²) in [5.41, 5.74) is 0.474. The van der Waals surface area contributed by atoms with Crippen molar-refractivity contribution in [1.82, 2.24) is 10.6 Å². The average Bonchev–Trinajstić information content (AvgIpc) is 2.61. The normalized spacial score (nSPS) is 20.2. The Morgan fingerprint density at radius 2 is 2.09 bits per heavy atom. The van der Waals surface area contributed by atoms with E-state index < -0.39 is 6.04 Å². The maximum absolute atomic E-state index is 12.5. The second kappa shape index (κ2) is 9.06. The molecule has 2 amide bonds. The monoisotopic (exact) mass is 324 g/mol. The first-order valence-corrected chi connectivity index (χ1v) is 8.62. The smallest absolute Gasteiger partial charge is 0.247 e. The van der Waals surface area contributed by atoms with Gasteiger partial charge in [0.15, 0.2) is 0 Å². The van der Waals surface area contributed by atoms with Crippen molar-refractivity contribution in [2.75, 3.05) is 13.2 Å². The van der Waals surface area contributed by atoms with Crippen LogP contribution < -0.4 is 10.6 Å². The highest BCUT2D eigenvalue weighted by Gasteiger charge is 2.24. The van der Waals surface area contributed by atoms with Gasteiger partial charge in [0.05, 0.1) is 12.2 Å². The topological polar surface area (TPSA) is 67.4 Å². The van der Waals surface area contributed by atoms with Crippen molar-refractivity contribution in [3.05, 3.63) is 11.6 Å². The lowest BCUT2D eigenvalue weighted by atomic mass is 10.0. The summed E-state index contributed by atoms with van der Waals surface area (Å²) in [6.07, 6.45) is 5.11. The van der Waals surface area contributed by atoms with Crippen LogP contribution in [0.2, 0.25) is 0 Å². The molecule has 0 saturated carbocycles. The quantitative estimate of drug-likeness (QED) is 0.738. The van der Waals surface area contributed by atoms with Gasteiger partial charge in [-0.25, -0.2) is 0 Å². The van der Waals surface area contributed by atoms with Crippen LogP contribution in [-0.2, 0) is 14.3 Å². The summed E-state index contributed by atoms with van der Waals surface area (Å²) in [4.78, 5) is 24.5. The molecule has 1 aliphatic heterocycles. The molecule has 0 aliphatic carbocycles. The summed E-state index contributed by atoms with van der Waals surface area (Å²) in [5, 5.41) is 5.73. The second-order valence-electron chi connectivity index (χ2n) is 7.46. The molecule has 0 aromatic heterocycles. The molecule has 5 nitrogen and oxygen atoms in total. The lowest BCUT2D eigenvalue weighted by Gasteiger charge is -2.21. The highest BCUT2D eigenvalue weighted by atomic mass is 16.5. The molecule has 23 heavy (non-hydrogen) atoms. The summed E-state index contributed by atoms with van der Waals surface area (Å²) >= 11 is 0. The Labute approximate surface area is 140 Å². The van der Waals surface area contributed by atoms with Crippen molar-refractivity contribution >= 4 is 11.8 Å². The fourth-order valence-electron chi connectivity index (χ4n) is 2.47. The number of nitrogens with one attached hydrogen (secondary N) is 2. The Kier molecular flexibility index (Phi) is 7.76. The predicted molar refractivity (Wildman–Crippen MR) is 92.0 cm³/mol. The van der Waals surface area contributed by atoms with E-state index in [1.54, 1.807) is 0 Å². The molecule has 5 heteroatoms. The standard InChI is InChI=1S/C18H32N2O3/c1-13(2)12-14(9-11-23-18(3,4)5)16(21)20-15-8-6-7-10-19-17(15)22/h12-13,15H,6-11H2,1-5H3,(H,19,22)(H,20,21)/b14-12-. The molecule has 0 aromatic carbocycles. The van der Waals surface area contributed by atoms with Gasteiger partial charge in [0.1, 0.15) is 6.04 Å². The van der Waals surface area contributed by atoms with E-state index in [2.05, 4.69) is 10.6 Å². The van der Waals surface area contributed by atoms with Crippen LogP contribution in [0.3, 0.4) is 0 Å². The maximum Gasteiger partial charge on any atom is 0.247 e. The minimum Gasteiger partial charge on any atom is -0.376 e. The number of amides is 2. The van der Waals surface area contributed by atoms with Crippen LogP contribution in [-0.4, -0.2) is 36.6 Å². The Morgan fingerprint density at radius 3 is 2.70 bits per heavy atom. The SMILES string of the molecule is CC(C)/C=C(/CCOC(C)(C)C)C(=O)NC1CCCCNC1=O. The van der Waals surface area contributed by atoms with Crippen molar-refractivity contribution in [3.8, 4) is 0 Å². The minimum absolute atomic E-state index is 0.0781. The van der Waals surface area contributed by atoms with Gasteiger partial charge in [-0.3, -0.25) is 9.59 Å².